The summed E-state index contributed by atoms with van der Waals surface area (Å²) in [5.41, 5.74) is 16.0. The normalized spacial score (nSPS) is 9.14. The van der Waals surface area contributed by atoms with Crippen molar-refractivity contribution in [1.29, 1.82) is 0 Å². The highest BCUT2D eigenvalue weighted by Gasteiger charge is 2.11. The minimum Gasteiger partial charge on any atom is -0.481 e. The molecule has 0 bridgehead atoms. The summed E-state index contributed by atoms with van der Waals surface area (Å²) in [6, 6.07) is 5.86. The molecule has 0 aliphatic heterocycles. The van der Waals surface area contributed by atoms with Crippen LogP contribution in [0.1, 0.15) is 17.3 Å². The number of hydrogen-bond donors (Lipinski definition) is 6. The molecule has 0 spiro atoms. The van der Waals surface area contributed by atoms with E-state index in [9.17, 15) is 19.2 Å². The van der Waals surface area contributed by atoms with Gasteiger partial charge in [-0.1, -0.05) is 0 Å². The fourth-order valence-corrected chi connectivity index (χ4v) is 1.51. The van der Waals surface area contributed by atoms with Crippen molar-refractivity contribution < 1.29 is 33.8 Å². The molecule has 0 unspecified atom stereocenters. The van der Waals surface area contributed by atoms with Gasteiger partial charge in [0.25, 0.3) is 11.9 Å². The van der Waals surface area contributed by atoms with Crippen molar-refractivity contribution in [2.45, 2.75) is 6.92 Å². The summed E-state index contributed by atoms with van der Waals surface area (Å²) in [6.07, 6.45) is 0. The van der Waals surface area contributed by atoms with Crippen molar-refractivity contribution in [1.82, 2.24) is 10.6 Å². The van der Waals surface area contributed by atoms with Crippen LogP contribution in [-0.2, 0) is 23.9 Å². The number of amides is 3. The number of guanidine groups is 1. The molecule has 0 saturated heterocycles. The standard InChI is InChI=1S/C14H18N6O5.C2H4O2/c15-10(21)5-18-11(22)6-19-12(23)7-25-13(24)8-1-3-9(4-2-8)20-14(16)17;1-2(3)4/h1-4H,5-7H2,(H2,15,21)(H,18,22)(H,19,23)(H4,16,17,20);1H3,(H,3,4). The second-order valence-corrected chi connectivity index (χ2v) is 5.20. The third-order valence-electron chi connectivity index (χ3n) is 2.60. The number of esters is 1. The Morgan fingerprint density at radius 3 is 1.97 bits per heavy atom. The number of nitrogens with two attached hydrogens (primary N) is 3. The molecule has 1 aromatic carbocycles. The topological polar surface area (TPSA) is 229 Å². The molecule has 0 aliphatic carbocycles. The van der Waals surface area contributed by atoms with E-state index in [0.29, 0.717) is 5.69 Å². The van der Waals surface area contributed by atoms with Gasteiger partial charge in [0.05, 0.1) is 24.3 Å². The molecule has 0 radical (unpaired) electrons. The number of nitrogens with zero attached hydrogens (tertiary/aromatic N) is 1. The van der Waals surface area contributed by atoms with Gasteiger partial charge < -0.3 is 37.7 Å². The van der Waals surface area contributed by atoms with Crippen LogP contribution in [0.4, 0.5) is 5.69 Å². The van der Waals surface area contributed by atoms with E-state index in [1.54, 1.807) is 0 Å². The van der Waals surface area contributed by atoms with Gasteiger partial charge in [-0.2, -0.15) is 0 Å². The third-order valence-corrected chi connectivity index (χ3v) is 2.60. The largest absolute Gasteiger partial charge is 0.481 e. The molecule has 0 fully saturated rings. The highest BCUT2D eigenvalue weighted by Crippen LogP contribution is 2.13. The average molecular weight is 410 g/mol. The van der Waals surface area contributed by atoms with E-state index in [1.165, 1.54) is 24.3 Å². The lowest BCUT2D eigenvalue weighted by atomic mass is 10.2. The number of aliphatic imine (C=N–C) groups is 1. The molecule has 29 heavy (non-hydrogen) atoms. The smallest absolute Gasteiger partial charge is 0.338 e. The van der Waals surface area contributed by atoms with Gasteiger partial charge in [0.15, 0.2) is 12.6 Å². The molecule has 9 N–H and O–H groups in total. The first kappa shape index (κ1) is 24.8. The quantitative estimate of drug-likeness (QED) is 0.151. The van der Waals surface area contributed by atoms with E-state index < -0.39 is 36.3 Å². The van der Waals surface area contributed by atoms with E-state index >= 15 is 0 Å². The molecule has 0 saturated carbocycles. The van der Waals surface area contributed by atoms with Crippen LogP contribution in [0.15, 0.2) is 29.3 Å². The van der Waals surface area contributed by atoms with Crippen LogP contribution in [0, 0.1) is 0 Å². The fraction of sp³-hybridized carbons (Fsp3) is 0.250. The summed E-state index contributed by atoms with van der Waals surface area (Å²) in [7, 11) is 0. The predicted octanol–water partition coefficient (Wildman–Crippen LogP) is -2.44. The Bertz CT molecular complexity index is 768. The zero-order valence-electron chi connectivity index (χ0n) is 15.5. The maximum Gasteiger partial charge on any atom is 0.338 e. The Kier molecular flexibility index (Phi) is 11.2. The summed E-state index contributed by atoms with van der Waals surface area (Å²) >= 11 is 0. The maximum atomic E-state index is 11.8. The molecule has 0 atom stereocenters. The molecule has 13 nitrogen and oxygen atoms in total. The SMILES string of the molecule is CC(=O)O.NC(=O)CNC(=O)CNC(=O)COC(=O)c1ccc(N=C(N)N)cc1. The number of ether oxygens (including phenoxy) is 1. The molecule has 3 amide bonds. The Hall–Kier alpha value is -4.16. The average Bonchev–Trinajstić information content (AvgIpc) is 2.62. The van der Waals surface area contributed by atoms with Gasteiger partial charge in [-0.15, -0.1) is 0 Å². The zero-order chi connectivity index (χ0) is 22.4. The lowest BCUT2D eigenvalue weighted by Crippen LogP contribution is -2.41. The lowest BCUT2D eigenvalue weighted by molar-refractivity contribution is -0.134. The minimum atomic E-state index is -0.833. The second kappa shape index (κ2) is 13.1. The van der Waals surface area contributed by atoms with Crippen LogP contribution in [0.2, 0.25) is 0 Å². The first-order valence-electron chi connectivity index (χ1n) is 7.89. The van der Waals surface area contributed by atoms with Gasteiger partial charge in [-0.3, -0.25) is 19.2 Å². The van der Waals surface area contributed by atoms with Crippen molar-refractivity contribution in [3.05, 3.63) is 29.8 Å². The van der Waals surface area contributed by atoms with Crippen LogP contribution in [0.25, 0.3) is 0 Å². The Morgan fingerprint density at radius 1 is 0.966 bits per heavy atom. The number of hydrogen-bond acceptors (Lipinski definition) is 7. The zero-order valence-corrected chi connectivity index (χ0v) is 15.5. The number of nitrogens with one attached hydrogen (secondary N) is 2. The van der Waals surface area contributed by atoms with E-state index in [-0.39, 0.29) is 24.6 Å². The summed E-state index contributed by atoms with van der Waals surface area (Å²) in [5, 5.41) is 11.8. The van der Waals surface area contributed by atoms with Gasteiger partial charge >= 0.3 is 5.97 Å². The predicted molar refractivity (Wildman–Crippen MR) is 101 cm³/mol. The van der Waals surface area contributed by atoms with Gasteiger partial charge in [0.2, 0.25) is 11.8 Å². The van der Waals surface area contributed by atoms with Crippen LogP contribution in [-0.4, -0.2) is 60.4 Å². The minimum absolute atomic E-state index is 0.119. The van der Waals surface area contributed by atoms with Gasteiger partial charge in [-0.25, -0.2) is 9.79 Å². The van der Waals surface area contributed by atoms with Crippen LogP contribution >= 0.6 is 0 Å². The van der Waals surface area contributed by atoms with Crippen molar-refractivity contribution in [2.75, 3.05) is 19.7 Å². The molecule has 0 aliphatic rings. The summed E-state index contributed by atoms with van der Waals surface area (Å²) in [6.45, 7) is -0.200. The van der Waals surface area contributed by atoms with Crippen molar-refractivity contribution in [2.24, 2.45) is 22.2 Å². The number of carbonyl (C=O) groups is 5. The molecule has 0 aromatic heterocycles. The Morgan fingerprint density at radius 2 is 1.48 bits per heavy atom. The van der Waals surface area contributed by atoms with Gasteiger partial charge in [0.1, 0.15) is 0 Å². The van der Waals surface area contributed by atoms with E-state index in [1.807, 2.05) is 0 Å². The number of aliphatic carboxylic acids is 1. The number of carboxylic acids is 1. The molecule has 13 heteroatoms. The molecule has 0 heterocycles. The summed E-state index contributed by atoms with van der Waals surface area (Å²) in [5.74, 6) is -3.68. The highest BCUT2D eigenvalue weighted by atomic mass is 16.5. The summed E-state index contributed by atoms with van der Waals surface area (Å²) < 4.78 is 4.80. The molecule has 158 valence electrons. The van der Waals surface area contributed by atoms with E-state index in [0.717, 1.165) is 6.92 Å². The van der Waals surface area contributed by atoms with Crippen molar-refractivity contribution in [3.63, 3.8) is 0 Å². The van der Waals surface area contributed by atoms with Crippen molar-refractivity contribution in [3.8, 4) is 0 Å². The summed E-state index contributed by atoms with van der Waals surface area (Å²) in [4.78, 5) is 57.8. The number of benzene rings is 1. The number of primary amides is 1. The first-order chi connectivity index (χ1) is 13.5. The van der Waals surface area contributed by atoms with Gasteiger partial charge in [-0.05, 0) is 24.3 Å². The van der Waals surface area contributed by atoms with Gasteiger partial charge in [0, 0.05) is 6.92 Å². The fourth-order valence-electron chi connectivity index (χ4n) is 1.51. The maximum absolute atomic E-state index is 11.8. The van der Waals surface area contributed by atoms with E-state index in [4.69, 9.17) is 31.8 Å². The second-order valence-electron chi connectivity index (χ2n) is 5.20. The molecular formula is C16H22N6O7. The first-order valence-corrected chi connectivity index (χ1v) is 7.89. The Labute approximate surface area is 165 Å². The Balaban J connectivity index is 0.00000178. The number of carboxylic acid groups (broad SMARTS) is 1. The lowest BCUT2D eigenvalue weighted by Gasteiger charge is -2.07. The molecule has 1 aromatic rings. The number of rotatable bonds is 8. The van der Waals surface area contributed by atoms with Crippen LogP contribution in [0.5, 0.6) is 0 Å². The van der Waals surface area contributed by atoms with E-state index in [2.05, 4.69) is 15.6 Å². The third kappa shape index (κ3) is 13.7. The molecule has 1 rings (SSSR count). The van der Waals surface area contributed by atoms with Crippen LogP contribution < -0.4 is 27.8 Å². The number of carbonyl (C=O) groups excluding carboxylic acids is 4. The van der Waals surface area contributed by atoms with Crippen LogP contribution in [0.3, 0.4) is 0 Å². The van der Waals surface area contributed by atoms with Crippen molar-refractivity contribution >= 4 is 41.3 Å². The monoisotopic (exact) mass is 410 g/mol. The molecular weight excluding hydrogens is 388 g/mol. The highest BCUT2D eigenvalue weighted by molar-refractivity contribution is 5.92.